The fourth-order valence-electron chi connectivity index (χ4n) is 2.63. The van der Waals surface area contributed by atoms with Crippen molar-refractivity contribution in [2.24, 2.45) is 0 Å². The predicted molar refractivity (Wildman–Crippen MR) is 110 cm³/mol. The summed E-state index contributed by atoms with van der Waals surface area (Å²) < 4.78 is 25.2. The van der Waals surface area contributed by atoms with Gasteiger partial charge in [-0.15, -0.1) is 0 Å². The number of ether oxygens (including phenoxy) is 2. The first kappa shape index (κ1) is 20.4. The number of hydrogen-bond acceptors (Lipinski definition) is 5. The molecule has 2 aromatic carbocycles. The SMILES string of the molecule is COc1cccc(C(=O)Nc2cc(C(C)Oc3cc(Cl)cnc3N)ccc2F)c1. The average Bonchev–Trinajstić information content (AvgIpc) is 2.72. The van der Waals surface area contributed by atoms with Gasteiger partial charge in [0, 0.05) is 17.8 Å². The summed E-state index contributed by atoms with van der Waals surface area (Å²) in [5.74, 6) is 0.00533. The molecular weight excluding hydrogens is 397 g/mol. The Morgan fingerprint density at radius 1 is 1.24 bits per heavy atom. The first-order valence-corrected chi connectivity index (χ1v) is 9.07. The quantitative estimate of drug-likeness (QED) is 0.600. The molecular formula is C21H19ClFN3O3. The molecule has 1 heterocycles. The number of hydrogen-bond donors (Lipinski definition) is 2. The maximum atomic E-state index is 14.3. The van der Waals surface area contributed by atoms with Crippen LogP contribution in [0.5, 0.6) is 11.5 Å². The van der Waals surface area contributed by atoms with Gasteiger partial charge in [0.05, 0.1) is 17.8 Å². The van der Waals surface area contributed by atoms with Gasteiger partial charge in [-0.2, -0.15) is 0 Å². The smallest absolute Gasteiger partial charge is 0.255 e. The standard InChI is InChI=1S/C21H19ClFN3O3/c1-12(29-19-10-15(22)11-25-20(19)24)13-6-7-17(23)18(9-13)26-21(27)14-4-3-5-16(8-14)28-2/h3-12H,1-2H3,(H2,24,25)(H,26,27). The molecule has 1 amide bonds. The molecule has 6 nitrogen and oxygen atoms in total. The van der Waals surface area contributed by atoms with Gasteiger partial charge >= 0.3 is 0 Å². The van der Waals surface area contributed by atoms with E-state index in [4.69, 9.17) is 26.8 Å². The van der Waals surface area contributed by atoms with Gasteiger partial charge < -0.3 is 20.5 Å². The molecule has 3 rings (SSSR count). The number of pyridine rings is 1. The van der Waals surface area contributed by atoms with Crippen LogP contribution in [-0.4, -0.2) is 18.0 Å². The van der Waals surface area contributed by atoms with E-state index in [1.165, 1.54) is 25.4 Å². The number of anilines is 2. The molecule has 0 aliphatic rings. The number of carbonyl (C=O) groups excluding carboxylic acids is 1. The number of nitrogens with one attached hydrogen (secondary N) is 1. The summed E-state index contributed by atoms with van der Waals surface area (Å²) in [6.07, 6.45) is 0.920. The number of carbonyl (C=O) groups is 1. The monoisotopic (exact) mass is 415 g/mol. The molecule has 150 valence electrons. The van der Waals surface area contributed by atoms with Crippen molar-refractivity contribution in [2.45, 2.75) is 13.0 Å². The van der Waals surface area contributed by atoms with Gasteiger partial charge in [0.25, 0.3) is 5.91 Å². The second kappa shape index (κ2) is 8.79. The van der Waals surface area contributed by atoms with Crippen molar-refractivity contribution in [3.8, 4) is 11.5 Å². The average molecular weight is 416 g/mol. The van der Waals surface area contributed by atoms with Gasteiger partial charge in [-0.1, -0.05) is 23.7 Å². The summed E-state index contributed by atoms with van der Waals surface area (Å²) in [6.45, 7) is 1.77. The molecule has 29 heavy (non-hydrogen) atoms. The largest absolute Gasteiger partial charge is 0.497 e. The van der Waals surface area contributed by atoms with Crippen LogP contribution in [0.1, 0.15) is 28.9 Å². The first-order valence-electron chi connectivity index (χ1n) is 8.70. The molecule has 0 aliphatic carbocycles. The third kappa shape index (κ3) is 4.94. The third-order valence-electron chi connectivity index (χ3n) is 4.19. The van der Waals surface area contributed by atoms with Crippen LogP contribution in [0.2, 0.25) is 5.02 Å². The number of halogens is 2. The van der Waals surface area contributed by atoms with E-state index in [0.29, 0.717) is 27.6 Å². The van der Waals surface area contributed by atoms with Crippen LogP contribution in [0.25, 0.3) is 0 Å². The number of nitrogens with two attached hydrogens (primary N) is 1. The Labute approximate surface area is 172 Å². The van der Waals surface area contributed by atoms with Crippen LogP contribution < -0.4 is 20.5 Å². The van der Waals surface area contributed by atoms with Gasteiger partial charge in [-0.05, 0) is 42.8 Å². The van der Waals surface area contributed by atoms with E-state index >= 15 is 0 Å². The molecule has 0 radical (unpaired) electrons. The van der Waals surface area contributed by atoms with Crippen LogP contribution in [0.3, 0.4) is 0 Å². The zero-order valence-corrected chi connectivity index (χ0v) is 16.5. The summed E-state index contributed by atoms with van der Waals surface area (Å²) in [6, 6.07) is 12.5. The van der Waals surface area contributed by atoms with E-state index in [2.05, 4.69) is 10.3 Å². The molecule has 1 atom stereocenters. The Kier molecular flexibility index (Phi) is 6.19. The lowest BCUT2D eigenvalue weighted by molar-refractivity contribution is 0.102. The molecule has 0 fully saturated rings. The molecule has 1 unspecified atom stereocenters. The second-order valence-electron chi connectivity index (χ2n) is 6.22. The van der Waals surface area contributed by atoms with Crippen molar-refractivity contribution in [1.29, 1.82) is 0 Å². The van der Waals surface area contributed by atoms with Crippen LogP contribution in [0, 0.1) is 5.82 Å². The van der Waals surface area contributed by atoms with Crippen molar-refractivity contribution in [3.05, 3.63) is 76.7 Å². The normalized spacial score (nSPS) is 11.6. The molecule has 0 saturated carbocycles. The van der Waals surface area contributed by atoms with Gasteiger partial charge in [0.2, 0.25) is 0 Å². The second-order valence-corrected chi connectivity index (χ2v) is 6.66. The number of nitrogen functional groups attached to an aromatic ring is 1. The number of methoxy groups -OCH3 is 1. The maximum absolute atomic E-state index is 14.3. The minimum atomic E-state index is -0.568. The Bertz CT molecular complexity index is 1050. The Balaban J connectivity index is 1.80. The zero-order chi connectivity index (χ0) is 21.0. The lowest BCUT2D eigenvalue weighted by atomic mass is 10.1. The third-order valence-corrected chi connectivity index (χ3v) is 4.40. The summed E-state index contributed by atoms with van der Waals surface area (Å²) in [4.78, 5) is 16.4. The Hall–Kier alpha value is -3.32. The minimum Gasteiger partial charge on any atom is -0.497 e. The van der Waals surface area contributed by atoms with E-state index in [9.17, 15) is 9.18 Å². The predicted octanol–water partition coefficient (Wildman–Crippen LogP) is 4.86. The maximum Gasteiger partial charge on any atom is 0.255 e. The van der Waals surface area contributed by atoms with Crippen LogP contribution in [0.4, 0.5) is 15.9 Å². The van der Waals surface area contributed by atoms with Crippen molar-refractivity contribution < 1.29 is 18.7 Å². The molecule has 1 aromatic heterocycles. The molecule has 0 bridgehead atoms. The summed E-state index contributed by atoms with van der Waals surface area (Å²) in [5.41, 5.74) is 6.81. The molecule has 0 spiro atoms. The van der Waals surface area contributed by atoms with Crippen LogP contribution in [-0.2, 0) is 0 Å². The highest BCUT2D eigenvalue weighted by atomic mass is 35.5. The Morgan fingerprint density at radius 3 is 2.79 bits per heavy atom. The number of rotatable bonds is 6. The fourth-order valence-corrected chi connectivity index (χ4v) is 2.78. The van der Waals surface area contributed by atoms with Crippen LogP contribution >= 0.6 is 11.6 Å². The van der Waals surface area contributed by atoms with E-state index in [0.717, 1.165) is 0 Å². The van der Waals surface area contributed by atoms with E-state index in [1.807, 2.05) is 0 Å². The summed E-state index contributed by atoms with van der Waals surface area (Å²) in [7, 11) is 1.50. The highest BCUT2D eigenvalue weighted by molar-refractivity contribution is 6.30. The zero-order valence-electron chi connectivity index (χ0n) is 15.8. The van der Waals surface area contributed by atoms with Gasteiger partial charge in [0.1, 0.15) is 17.7 Å². The number of nitrogens with zero attached hydrogens (tertiary/aromatic N) is 1. The van der Waals surface area contributed by atoms with E-state index < -0.39 is 17.8 Å². The van der Waals surface area contributed by atoms with Crippen LogP contribution in [0.15, 0.2) is 54.7 Å². The van der Waals surface area contributed by atoms with Gasteiger partial charge in [-0.25, -0.2) is 9.37 Å². The first-order chi connectivity index (χ1) is 13.9. The van der Waals surface area contributed by atoms with E-state index in [1.54, 1.807) is 43.3 Å². The van der Waals surface area contributed by atoms with Crippen molar-refractivity contribution >= 4 is 29.0 Å². The number of aromatic nitrogens is 1. The Morgan fingerprint density at radius 2 is 2.03 bits per heavy atom. The van der Waals surface area contributed by atoms with Gasteiger partial charge in [0.15, 0.2) is 11.6 Å². The number of benzene rings is 2. The molecule has 3 N–H and O–H groups in total. The lowest BCUT2D eigenvalue weighted by Crippen LogP contribution is -2.14. The van der Waals surface area contributed by atoms with E-state index in [-0.39, 0.29) is 11.5 Å². The molecule has 0 aliphatic heterocycles. The number of amides is 1. The van der Waals surface area contributed by atoms with Gasteiger partial charge in [-0.3, -0.25) is 4.79 Å². The molecule has 0 saturated heterocycles. The highest BCUT2D eigenvalue weighted by Gasteiger charge is 2.15. The molecule has 3 aromatic rings. The van der Waals surface area contributed by atoms with Crippen molar-refractivity contribution in [3.63, 3.8) is 0 Å². The minimum absolute atomic E-state index is 0.0305. The van der Waals surface area contributed by atoms with Crippen molar-refractivity contribution in [1.82, 2.24) is 4.98 Å². The lowest BCUT2D eigenvalue weighted by Gasteiger charge is -2.17. The topological polar surface area (TPSA) is 86.5 Å². The van der Waals surface area contributed by atoms with Crippen molar-refractivity contribution in [2.75, 3.05) is 18.2 Å². The highest BCUT2D eigenvalue weighted by Crippen LogP contribution is 2.30. The fraction of sp³-hybridized carbons (Fsp3) is 0.143. The summed E-state index contributed by atoms with van der Waals surface area (Å²) in [5, 5.41) is 2.96. The molecule has 8 heteroatoms. The summed E-state index contributed by atoms with van der Waals surface area (Å²) >= 11 is 5.93.